The molecule has 10 nitrogen and oxygen atoms in total. The van der Waals surface area contributed by atoms with Gasteiger partial charge in [0.1, 0.15) is 6.54 Å². The molecule has 31 heavy (non-hydrogen) atoms. The fraction of sp³-hybridized carbons (Fsp3) is 0.158. The summed E-state index contributed by atoms with van der Waals surface area (Å²) in [5.74, 6) is -1.65. The van der Waals surface area contributed by atoms with Gasteiger partial charge >= 0.3 is 5.97 Å². The number of ether oxygens (including phenoxy) is 1. The monoisotopic (exact) mass is 467 g/mol. The van der Waals surface area contributed by atoms with E-state index in [4.69, 9.17) is 9.88 Å². The van der Waals surface area contributed by atoms with Gasteiger partial charge in [-0.05, 0) is 42.8 Å². The molecule has 0 bridgehead atoms. The van der Waals surface area contributed by atoms with Crippen molar-refractivity contribution in [2.24, 2.45) is 5.14 Å². The van der Waals surface area contributed by atoms with Crippen molar-refractivity contribution in [1.29, 1.82) is 0 Å². The van der Waals surface area contributed by atoms with Crippen molar-refractivity contribution in [3.05, 3.63) is 65.1 Å². The molecule has 0 saturated carbocycles. The highest BCUT2D eigenvalue weighted by Gasteiger charge is 2.13. The Morgan fingerprint density at radius 3 is 2.19 bits per heavy atom. The number of anilines is 1. The maximum Gasteiger partial charge on any atom is 0.321 e. The molecular weight excluding hydrogens is 446 g/mol. The first-order valence-corrected chi connectivity index (χ1v) is 11.9. The van der Waals surface area contributed by atoms with Gasteiger partial charge in [-0.2, -0.15) is 0 Å². The minimum Gasteiger partial charge on any atom is -0.455 e. The highest BCUT2D eigenvalue weighted by molar-refractivity contribution is 7.92. The van der Waals surface area contributed by atoms with Crippen LogP contribution in [0.2, 0.25) is 0 Å². The molecule has 0 aliphatic rings. The number of primary sulfonamides is 1. The molecule has 0 saturated heterocycles. The highest BCUT2D eigenvalue weighted by atomic mass is 32.2. The lowest BCUT2D eigenvalue weighted by Crippen LogP contribution is -2.31. The predicted molar refractivity (Wildman–Crippen MR) is 115 cm³/mol. The van der Waals surface area contributed by atoms with Crippen LogP contribution in [0.25, 0.3) is 6.08 Å². The number of carbonyl (C=O) groups excluding carboxylic acids is 2. The second kappa shape index (κ2) is 10.3. The first kappa shape index (κ1) is 24.2. The molecule has 0 radical (unpaired) electrons. The summed E-state index contributed by atoms with van der Waals surface area (Å²) >= 11 is 0. The van der Waals surface area contributed by atoms with Gasteiger partial charge in [-0.1, -0.05) is 29.8 Å². The summed E-state index contributed by atoms with van der Waals surface area (Å²) in [5.41, 5.74) is 1.97. The molecule has 0 unspecified atom stereocenters. The van der Waals surface area contributed by atoms with Crippen molar-refractivity contribution in [2.45, 2.75) is 11.8 Å². The lowest BCUT2D eigenvalue weighted by molar-refractivity contribution is -0.146. The summed E-state index contributed by atoms with van der Waals surface area (Å²) in [6.07, 6.45) is 1.38. The van der Waals surface area contributed by atoms with Crippen LogP contribution in [0.15, 0.2) is 58.8 Å². The maximum atomic E-state index is 11.9. The molecule has 0 spiro atoms. The number of carbonyl (C=O) groups is 2. The van der Waals surface area contributed by atoms with Crippen LogP contribution < -0.4 is 15.2 Å². The lowest BCUT2D eigenvalue weighted by Gasteiger charge is -2.07. The molecule has 0 aliphatic heterocycles. The molecule has 0 fully saturated rings. The van der Waals surface area contributed by atoms with E-state index in [9.17, 15) is 26.4 Å². The fourth-order valence-corrected chi connectivity index (χ4v) is 3.44. The van der Waals surface area contributed by atoms with Crippen molar-refractivity contribution in [3.63, 3.8) is 0 Å². The Bertz CT molecular complexity index is 1170. The second-order valence-corrected chi connectivity index (χ2v) is 9.57. The molecule has 12 heteroatoms. The van der Waals surface area contributed by atoms with E-state index < -0.39 is 45.1 Å². The van der Waals surface area contributed by atoms with Crippen LogP contribution in [0.3, 0.4) is 0 Å². The summed E-state index contributed by atoms with van der Waals surface area (Å²) < 4.78 is 52.9. The summed E-state index contributed by atoms with van der Waals surface area (Å²) in [4.78, 5) is 23.4. The average molecular weight is 468 g/mol. The van der Waals surface area contributed by atoms with Crippen LogP contribution in [0.5, 0.6) is 0 Å². The number of sulfonamides is 2. The van der Waals surface area contributed by atoms with Gasteiger partial charge in [0.2, 0.25) is 20.0 Å². The van der Waals surface area contributed by atoms with Gasteiger partial charge in [0.15, 0.2) is 6.61 Å². The van der Waals surface area contributed by atoms with Crippen LogP contribution in [-0.2, 0) is 34.4 Å². The lowest BCUT2D eigenvalue weighted by atomic mass is 10.2. The van der Waals surface area contributed by atoms with Gasteiger partial charge in [0.25, 0.3) is 5.91 Å². The molecule has 2 aromatic carbocycles. The van der Waals surface area contributed by atoms with Crippen molar-refractivity contribution >= 4 is 43.7 Å². The summed E-state index contributed by atoms with van der Waals surface area (Å²) in [6.45, 7) is 0.593. The van der Waals surface area contributed by atoms with E-state index in [0.29, 0.717) is 5.56 Å². The summed E-state index contributed by atoms with van der Waals surface area (Å²) in [7, 11) is -7.73. The third kappa shape index (κ3) is 8.68. The Kier molecular flexibility index (Phi) is 8.05. The molecule has 2 aromatic rings. The molecule has 166 valence electrons. The number of amides is 1. The van der Waals surface area contributed by atoms with Gasteiger partial charge in [-0.3, -0.25) is 9.59 Å². The molecule has 2 rings (SSSR count). The minimum absolute atomic E-state index is 0.124. The average Bonchev–Trinajstić information content (AvgIpc) is 2.70. The third-order valence-electron chi connectivity index (χ3n) is 3.77. The third-order valence-corrected chi connectivity index (χ3v) is 5.74. The van der Waals surface area contributed by atoms with E-state index >= 15 is 0 Å². The van der Waals surface area contributed by atoms with Crippen LogP contribution in [0.1, 0.15) is 11.1 Å². The zero-order valence-corrected chi connectivity index (χ0v) is 18.1. The summed E-state index contributed by atoms with van der Waals surface area (Å²) in [5, 5.41) is 8.29. The predicted octanol–water partition coefficient (Wildman–Crippen LogP) is 0.714. The molecule has 0 aromatic heterocycles. The van der Waals surface area contributed by atoms with Crippen LogP contribution >= 0.6 is 0 Å². The molecule has 0 atom stereocenters. The van der Waals surface area contributed by atoms with Crippen molar-refractivity contribution < 1.29 is 31.2 Å². The van der Waals surface area contributed by atoms with Crippen molar-refractivity contribution in [1.82, 2.24) is 4.72 Å². The van der Waals surface area contributed by atoms with Gasteiger partial charge in [-0.25, -0.2) is 26.7 Å². The largest absolute Gasteiger partial charge is 0.455 e. The van der Waals surface area contributed by atoms with Gasteiger partial charge in [0.05, 0.1) is 4.90 Å². The molecular formula is C19H21N3O7S2. The Labute approximate surface area is 180 Å². The molecule has 4 N–H and O–H groups in total. The number of nitrogens with one attached hydrogen (secondary N) is 2. The van der Waals surface area contributed by atoms with Gasteiger partial charge in [-0.15, -0.1) is 0 Å². The number of aryl methyl sites for hydroxylation is 1. The SMILES string of the molecule is Cc1ccc(C=CS(=O)(=O)NCC(=O)OCC(=O)Nc2ccc(S(N)(=O)=O)cc2)cc1. The zero-order chi connectivity index (χ0) is 23.1. The first-order valence-electron chi connectivity index (χ1n) is 8.77. The van der Waals surface area contributed by atoms with E-state index in [1.807, 2.05) is 23.8 Å². The Morgan fingerprint density at radius 2 is 1.61 bits per heavy atom. The minimum atomic E-state index is -3.88. The quantitative estimate of drug-likeness (QED) is 0.458. The van der Waals surface area contributed by atoms with Gasteiger partial charge in [0, 0.05) is 11.1 Å². The van der Waals surface area contributed by atoms with E-state index in [2.05, 4.69) is 5.32 Å². The molecule has 1 amide bonds. The molecule has 0 heterocycles. The van der Waals surface area contributed by atoms with E-state index in [1.54, 1.807) is 12.1 Å². The summed E-state index contributed by atoms with van der Waals surface area (Å²) in [6, 6.07) is 12.2. The topological polar surface area (TPSA) is 162 Å². The number of hydrogen-bond acceptors (Lipinski definition) is 7. The second-order valence-electron chi connectivity index (χ2n) is 6.36. The number of nitrogens with two attached hydrogens (primary N) is 1. The zero-order valence-electron chi connectivity index (χ0n) is 16.4. The Morgan fingerprint density at radius 1 is 1.00 bits per heavy atom. The number of esters is 1. The van der Waals surface area contributed by atoms with Crippen molar-refractivity contribution in [3.8, 4) is 0 Å². The van der Waals surface area contributed by atoms with E-state index in [-0.39, 0.29) is 10.6 Å². The van der Waals surface area contributed by atoms with Crippen LogP contribution in [-0.4, -0.2) is 41.9 Å². The first-order chi connectivity index (χ1) is 14.4. The highest BCUT2D eigenvalue weighted by Crippen LogP contribution is 2.12. The number of rotatable bonds is 9. The van der Waals surface area contributed by atoms with Crippen molar-refractivity contribution in [2.75, 3.05) is 18.5 Å². The van der Waals surface area contributed by atoms with Gasteiger partial charge < -0.3 is 10.1 Å². The Balaban J connectivity index is 1.77. The standard InChI is InChI=1S/C19H21N3O7S2/c1-14-2-4-15(5-3-14)10-11-30(25,26)21-12-19(24)29-13-18(23)22-16-6-8-17(9-7-16)31(20,27)28/h2-11,21H,12-13H2,1H3,(H,22,23)(H2,20,27,28). The fourth-order valence-electron chi connectivity index (χ4n) is 2.18. The smallest absolute Gasteiger partial charge is 0.321 e. The Hall–Kier alpha value is -3.06. The van der Waals surface area contributed by atoms with Crippen LogP contribution in [0, 0.1) is 6.92 Å². The maximum absolute atomic E-state index is 11.9. The van der Waals surface area contributed by atoms with Crippen LogP contribution in [0.4, 0.5) is 5.69 Å². The number of benzene rings is 2. The molecule has 0 aliphatic carbocycles. The normalized spacial score (nSPS) is 11.9. The van der Waals surface area contributed by atoms with E-state index in [1.165, 1.54) is 30.3 Å². The van der Waals surface area contributed by atoms with E-state index in [0.717, 1.165) is 11.0 Å². The number of hydrogen-bond donors (Lipinski definition) is 3.